The van der Waals surface area contributed by atoms with Crippen molar-refractivity contribution in [3.63, 3.8) is 0 Å². The number of halogens is 1. The molecule has 1 aliphatic rings. The van der Waals surface area contributed by atoms with Crippen molar-refractivity contribution < 1.29 is 33.8 Å². The molecule has 0 saturated heterocycles. The number of aliphatic hydroxyl groups is 2. The monoisotopic (exact) mass is 398 g/mol. The van der Waals surface area contributed by atoms with Crippen molar-refractivity contribution in [2.45, 2.75) is 24.7 Å². The highest BCUT2D eigenvalue weighted by Crippen LogP contribution is 2.30. The van der Waals surface area contributed by atoms with Crippen LogP contribution < -0.4 is 0 Å². The predicted molar refractivity (Wildman–Crippen MR) is 86.7 cm³/mol. The summed E-state index contributed by atoms with van der Waals surface area (Å²) in [4.78, 5) is 28.6. The minimum Gasteiger partial charge on any atom is -0.478 e. The number of ketones is 1. The van der Waals surface area contributed by atoms with Crippen LogP contribution in [0.2, 0.25) is 0 Å². The Kier molecular flexibility index (Phi) is 6.41. The van der Waals surface area contributed by atoms with Crippen molar-refractivity contribution in [1.82, 2.24) is 0 Å². The molecule has 0 saturated carbocycles. The van der Waals surface area contributed by atoms with Gasteiger partial charge in [0.05, 0.1) is 6.10 Å². The zero-order valence-corrected chi connectivity index (χ0v) is 13.9. The maximum absolute atomic E-state index is 12.5. The zero-order chi connectivity index (χ0) is 17.7. The lowest BCUT2D eigenvalue weighted by Gasteiger charge is -2.31. The summed E-state index contributed by atoms with van der Waals surface area (Å²) in [5, 5.41) is 29.1. The highest BCUT2D eigenvalue weighted by atomic mass is 79.9. The molecule has 0 bridgehead atoms. The third-order valence-electron chi connectivity index (χ3n) is 3.62. The van der Waals surface area contributed by atoms with Gasteiger partial charge in [-0.1, -0.05) is 36.4 Å². The molecule has 24 heavy (non-hydrogen) atoms. The number of carbonyl (C=O) groups is 2. The summed E-state index contributed by atoms with van der Waals surface area (Å²) in [6, 6.07) is 8.94. The summed E-state index contributed by atoms with van der Waals surface area (Å²) in [5.41, 5.74) is 0.144. The molecule has 0 aliphatic heterocycles. The summed E-state index contributed by atoms with van der Waals surface area (Å²) in [6.45, 7) is 0. The molecule has 0 radical (unpaired) electrons. The normalized spacial score (nSPS) is 24.4. The number of aliphatic hydroxyl groups excluding tert-OH is 2. The van der Waals surface area contributed by atoms with Crippen molar-refractivity contribution in [2.75, 3.05) is 0 Å². The van der Waals surface area contributed by atoms with Crippen LogP contribution in [0.15, 0.2) is 47.6 Å². The summed E-state index contributed by atoms with van der Waals surface area (Å²) in [5.74, 6) is -2.03. The topological polar surface area (TPSA) is 113 Å². The number of carboxylic acid groups (broad SMARTS) is 1. The summed E-state index contributed by atoms with van der Waals surface area (Å²) >= 11 is 2.53. The number of allylic oxidation sites excluding steroid dienone is 1. The standard InChI is InChI=1S/C16H15BrO7/c17-24-23-15-13(10(16(21)22)8-12(19)14(15)20)11(18)7-6-9-4-2-1-3-5-9/h1-7,12,14-15,19-20H,8H2,(H,21,22). The van der Waals surface area contributed by atoms with Gasteiger partial charge in [0.1, 0.15) is 22.4 Å². The molecule has 2 rings (SSSR count). The van der Waals surface area contributed by atoms with E-state index in [1.165, 1.54) is 12.2 Å². The smallest absolute Gasteiger partial charge is 0.332 e. The number of carboxylic acids is 1. The Hall–Kier alpha value is -1.84. The Morgan fingerprint density at radius 3 is 2.46 bits per heavy atom. The van der Waals surface area contributed by atoms with Gasteiger partial charge in [0.25, 0.3) is 0 Å². The molecule has 0 spiro atoms. The second-order valence-corrected chi connectivity index (χ2v) is 5.41. The first-order valence-corrected chi connectivity index (χ1v) is 7.64. The van der Waals surface area contributed by atoms with Crippen molar-refractivity contribution in [2.24, 2.45) is 0 Å². The van der Waals surface area contributed by atoms with E-state index in [1.807, 2.05) is 6.07 Å². The van der Waals surface area contributed by atoms with Crippen molar-refractivity contribution in [3.8, 4) is 0 Å². The Balaban J connectivity index is 2.39. The second kappa shape index (κ2) is 8.32. The van der Waals surface area contributed by atoms with Crippen molar-refractivity contribution in [1.29, 1.82) is 0 Å². The Morgan fingerprint density at radius 2 is 1.88 bits per heavy atom. The fourth-order valence-corrected chi connectivity index (χ4v) is 2.61. The zero-order valence-electron chi connectivity index (χ0n) is 12.3. The molecule has 3 atom stereocenters. The maximum Gasteiger partial charge on any atom is 0.332 e. The number of rotatable bonds is 6. The van der Waals surface area contributed by atoms with Crippen molar-refractivity contribution in [3.05, 3.63) is 53.1 Å². The molecule has 7 nitrogen and oxygen atoms in total. The van der Waals surface area contributed by atoms with E-state index in [2.05, 4.69) is 20.2 Å². The SMILES string of the molecule is O=C(O)C1=C(C(=O)C=Cc2ccccc2)C(OOBr)C(O)C(O)C1. The van der Waals surface area contributed by atoms with Crippen LogP contribution in [-0.2, 0) is 18.5 Å². The van der Waals surface area contributed by atoms with E-state index in [0.29, 0.717) is 0 Å². The lowest BCUT2D eigenvalue weighted by molar-refractivity contribution is -0.246. The molecule has 3 N–H and O–H groups in total. The minimum absolute atomic E-state index is 0.271. The molecule has 0 amide bonds. The molecule has 1 aromatic carbocycles. The molecule has 3 unspecified atom stereocenters. The highest BCUT2D eigenvalue weighted by molar-refractivity contribution is 9.05. The van der Waals surface area contributed by atoms with Crippen LogP contribution in [0.3, 0.4) is 0 Å². The average Bonchev–Trinajstić information content (AvgIpc) is 2.57. The molecule has 1 aromatic rings. The number of hydrogen-bond acceptors (Lipinski definition) is 6. The summed E-state index contributed by atoms with van der Waals surface area (Å²) in [7, 11) is 0. The van der Waals surface area contributed by atoms with E-state index in [-0.39, 0.29) is 17.6 Å². The largest absolute Gasteiger partial charge is 0.478 e. The van der Waals surface area contributed by atoms with Crippen LogP contribution in [0.5, 0.6) is 0 Å². The highest BCUT2D eigenvalue weighted by Gasteiger charge is 2.42. The summed E-state index contributed by atoms with van der Waals surface area (Å²) < 4.78 is 4.31. The minimum atomic E-state index is -1.50. The quantitative estimate of drug-likeness (QED) is 0.377. The van der Waals surface area contributed by atoms with Crippen LogP contribution in [-0.4, -0.2) is 45.4 Å². The van der Waals surface area contributed by atoms with Crippen LogP contribution >= 0.6 is 16.3 Å². The third kappa shape index (κ3) is 4.16. The summed E-state index contributed by atoms with van der Waals surface area (Å²) in [6.07, 6.45) is -2.01. The predicted octanol–water partition coefficient (Wildman–Crippen LogP) is 1.40. The first-order valence-electron chi connectivity index (χ1n) is 6.99. The van der Waals surface area contributed by atoms with Gasteiger partial charge in [-0.2, -0.15) is 3.98 Å². The first-order chi connectivity index (χ1) is 11.5. The van der Waals surface area contributed by atoms with Gasteiger partial charge in [0.15, 0.2) is 11.9 Å². The first kappa shape index (κ1) is 18.5. The van der Waals surface area contributed by atoms with E-state index in [4.69, 9.17) is 4.89 Å². The fourth-order valence-electron chi connectivity index (χ4n) is 2.45. The lowest BCUT2D eigenvalue weighted by Crippen LogP contribution is -2.46. The molecule has 128 valence electrons. The molecule has 0 fully saturated rings. The van der Waals surface area contributed by atoms with Gasteiger partial charge in [-0.3, -0.25) is 4.79 Å². The maximum atomic E-state index is 12.5. The molecule has 8 heteroatoms. The van der Waals surface area contributed by atoms with E-state index >= 15 is 0 Å². The van der Waals surface area contributed by atoms with Gasteiger partial charge in [-0.25, -0.2) is 9.68 Å². The number of carbonyl (C=O) groups excluding carboxylic acids is 1. The number of benzene rings is 1. The molecular formula is C16H15BrO7. The van der Waals surface area contributed by atoms with Gasteiger partial charge < -0.3 is 15.3 Å². The van der Waals surface area contributed by atoms with Gasteiger partial charge in [0, 0.05) is 17.6 Å². The molecular weight excluding hydrogens is 384 g/mol. The Bertz CT molecular complexity index is 668. The molecule has 1 aliphatic carbocycles. The Labute approximate surface area is 146 Å². The Morgan fingerprint density at radius 1 is 1.21 bits per heavy atom. The van der Waals surface area contributed by atoms with Gasteiger partial charge >= 0.3 is 5.97 Å². The molecule has 0 heterocycles. The third-order valence-corrected chi connectivity index (χ3v) is 3.77. The van der Waals surface area contributed by atoms with Crippen LogP contribution in [0.1, 0.15) is 12.0 Å². The van der Waals surface area contributed by atoms with E-state index in [0.717, 1.165) is 5.56 Å². The second-order valence-electron chi connectivity index (χ2n) is 5.15. The fraction of sp³-hybridized carbons (Fsp3) is 0.250. The van der Waals surface area contributed by atoms with E-state index in [9.17, 15) is 24.9 Å². The van der Waals surface area contributed by atoms with Crippen LogP contribution in [0, 0.1) is 0 Å². The van der Waals surface area contributed by atoms with E-state index < -0.39 is 30.1 Å². The van der Waals surface area contributed by atoms with Crippen molar-refractivity contribution >= 4 is 34.1 Å². The van der Waals surface area contributed by atoms with Crippen LogP contribution in [0.25, 0.3) is 6.08 Å². The molecule has 0 aromatic heterocycles. The van der Waals surface area contributed by atoms with Gasteiger partial charge in [-0.05, 0) is 11.6 Å². The van der Waals surface area contributed by atoms with Gasteiger partial charge in [0.2, 0.25) is 0 Å². The average molecular weight is 399 g/mol. The van der Waals surface area contributed by atoms with Crippen LogP contribution in [0.4, 0.5) is 0 Å². The van der Waals surface area contributed by atoms with Gasteiger partial charge in [-0.15, -0.1) is 0 Å². The van der Waals surface area contributed by atoms with E-state index in [1.54, 1.807) is 24.3 Å². The lowest BCUT2D eigenvalue weighted by atomic mass is 9.83. The number of hydrogen-bond donors (Lipinski definition) is 3. The number of aliphatic carboxylic acids is 1.